The number of carbonyl (C=O) groups excluding carboxylic acids is 2. The van der Waals surface area contributed by atoms with Crippen molar-refractivity contribution in [3.05, 3.63) is 62.5 Å². The summed E-state index contributed by atoms with van der Waals surface area (Å²) in [5.41, 5.74) is 4.07. The molecule has 0 saturated heterocycles. The van der Waals surface area contributed by atoms with Gasteiger partial charge in [-0.15, -0.1) is 21.5 Å². The standard InChI is InChI=1S/C17H15ClN4S.C11H21NO4/c1-9-10(2)23-17-15(9)16(12-4-6-13(18)7-5-12)19-8-14-21-20-11(3)22(14)17;1-9(13)12-6-8-15-7-5-10(14)16-11(2,3)4/h4-7H,8H2,1-3H3;5-8H2,1-4H3,(H,12,13). The second-order valence-electron chi connectivity index (χ2n) is 10.1. The lowest BCUT2D eigenvalue weighted by Crippen LogP contribution is -2.26. The van der Waals surface area contributed by atoms with Crippen LogP contribution in [0.1, 0.15) is 67.3 Å². The number of rotatable bonds is 7. The fourth-order valence-corrected chi connectivity index (χ4v) is 5.19. The molecule has 210 valence electrons. The molecule has 0 aliphatic carbocycles. The number of hydrogen-bond acceptors (Lipinski definition) is 8. The highest BCUT2D eigenvalue weighted by Crippen LogP contribution is 2.36. The quantitative estimate of drug-likeness (QED) is 0.310. The summed E-state index contributed by atoms with van der Waals surface area (Å²) in [4.78, 5) is 27.9. The third-order valence-electron chi connectivity index (χ3n) is 5.69. The first kappa shape index (κ1) is 30.5. The Morgan fingerprint density at radius 1 is 1.10 bits per heavy atom. The Morgan fingerprint density at radius 2 is 1.79 bits per heavy atom. The summed E-state index contributed by atoms with van der Waals surface area (Å²) in [7, 11) is 0. The van der Waals surface area contributed by atoms with E-state index in [-0.39, 0.29) is 18.3 Å². The summed E-state index contributed by atoms with van der Waals surface area (Å²) in [6, 6.07) is 7.86. The van der Waals surface area contributed by atoms with Gasteiger partial charge in [-0.25, -0.2) is 0 Å². The molecule has 0 saturated carbocycles. The normalized spacial score (nSPS) is 12.4. The third-order valence-corrected chi connectivity index (χ3v) is 7.13. The van der Waals surface area contributed by atoms with Gasteiger partial charge in [0.2, 0.25) is 5.91 Å². The molecule has 0 fully saturated rings. The van der Waals surface area contributed by atoms with Crippen molar-refractivity contribution in [2.75, 3.05) is 19.8 Å². The number of benzene rings is 1. The predicted molar refractivity (Wildman–Crippen MR) is 154 cm³/mol. The minimum absolute atomic E-state index is 0.0873. The summed E-state index contributed by atoms with van der Waals surface area (Å²) in [5, 5.41) is 13.0. The molecular formula is C28H36ClN5O4S. The summed E-state index contributed by atoms with van der Waals surface area (Å²) in [6.45, 7) is 14.9. The Bertz CT molecular complexity index is 1340. The molecule has 1 aliphatic heterocycles. The second kappa shape index (κ2) is 13.3. The number of aryl methyl sites for hydroxylation is 2. The molecule has 0 spiro atoms. The van der Waals surface area contributed by atoms with Crippen molar-refractivity contribution in [3.8, 4) is 5.00 Å². The van der Waals surface area contributed by atoms with Crippen LogP contribution in [0, 0.1) is 20.8 Å². The highest BCUT2D eigenvalue weighted by atomic mass is 35.5. The zero-order chi connectivity index (χ0) is 28.7. The van der Waals surface area contributed by atoms with Crippen LogP contribution in [0.15, 0.2) is 29.3 Å². The SMILES string of the molecule is CC(=O)NCCOCCC(=O)OC(C)(C)C.Cc1sc2c(c1C)C(c1ccc(Cl)cc1)=NCc1nnc(C)n1-2. The molecule has 1 amide bonds. The Morgan fingerprint density at radius 3 is 2.44 bits per heavy atom. The number of hydrogen-bond donors (Lipinski definition) is 1. The minimum Gasteiger partial charge on any atom is -0.460 e. The van der Waals surface area contributed by atoms with Gasteiger partial charge in [-0.2, -0.15) is 0 Å². The zero-order valence-corrected chi connectivity index (χ0v) is 25.1. The first-order chi connectivity index (χ1) is 18.4. The minimum atomic E-state index is -0.451. The van der Waals surface area contributed by atoms with Gasteiger partial charge in [-0.05, 0) is 59.2 Å². The van der Waals surface area contributed by atoms with Crippen molar-refractivity contribution in [1.29, 1.82) is 0 Å². The lowest BCUT2D eigenvalue weighted by Gasteiger charge is -2.19. The van der Waals surface area contributed by atoms with Gasteiger partial charge in [-0.3, -0.25) is 19.1 Å². The van der Waals surface area contributed by atoms with Gasteiger partial charge in [0.05, 0.1) is 25.3 Å². The van der Waals surface area contributed by atoms with E-state index in [4.69, 9.17) is 26.1 Å². The van der Waals surface area contributed by atoms with E-state index in [1.54, 1.807) is 11.3 Å². The third kappa shape index (κ3) is 8.45. The maximum Gasteiger partial charge on any atom is 0.308 e. The highest BCUT2D eigenvalue weighted by molar-refractivity contribution is 7.15. The van der Waals surface area contributed by atoms with E-state index in [9.17, 15) is 9.59 Å². The molecule has 2 aromatic heterocycles. The summed E-state index contributed by atoms with van der Waals surface area (Å²) in [6.07, 6.45) is 0.233. The molecule has 1 N–H and O–H groups in total. The summed E-state index contributed by atoms with van der Waals surface area (Å²) >= 11 is 7.80. The van der Waals surface area contributed by atoms with Crippen molar-refractivity contribution in [2.45, 2.75) is 67.0 Å². The van der Waals surface area contributed by atoms with Crippen LogP contribution in [0.3, 0.4) is 0 Å². The van der Waals surface area contributed by atoms with Gasteiger partial charge in [0.1, 0.15) is 23.0 Å². The number of carbonyl (C=O) groups is 2. The van der Waals surface area contributed by atoms with Gasteiger partial charge >= 0.3 is 5.97 Å². The molecule has 1 aromatic carbocycles. The molecular weight excluding hydrogens is 538 g/mol. The number of nitrogens with zero attached hydrogens (tertiary/aromatic N) is 4. The molecule has 39 heavy (non-hydrogen) atoms. The number of halogens is 1. The van der Waals surface area contributed by atoms with Crippen molar-refractivity contribution < 1.29 is 19.1 Å². The van der Waals surface area contributed by atoms with E-state index in [1.165, 1.54) is 22.9 Å². The average Bonchev–Trinajstić information content (AvgIpc) is 3.29. The van der Waals surface area contributed by atoms with E-state index >= 15 is 0 Å². The van der Waals surface area contributed by atoms with E-state index in [0.717, 1.165) is 32.9 Å². The van der Waals surface area contributed by atoms with Crippen LogP contribution in [0.4, 0.5) is 0 Å². The monoisotopic (exact) mass is 573 g/mol. The topological polar surface area (TPSA) is 108 Å². The summed E-state index contributed by atoms with van der Waals surface area (Å²) < 4.78 is 12.4. The van der Waals surface area contributed by atoms with Crippen LogP contribution in [0.25, 0.3) is 5.00 Å². The van der Waals surface area contributed by atoms with Crippen molar-refractivity contribution in [2.24, 2.45) is 4.99 Å². The van der Waals surface area contributed by atoms with E-state index in [0.29, 0.717) is 26.3 Å². The zero-order valence-electron chi connectivity index (χ0n) is 23.6. The molecule has 3 aromatic rings. The van der Waals surface area contributed by atoms with E-state index in [1.807, 2.05) is 52.0 Å². The molecule has 3 heterocycles. The summed E-state index contributed by atoms with van der Waals surface area (Å²) in [5.74, 6) is 1.42. The smallest absolute Gasteiger partial charge is 0.308 e. The lowest BCUT2D eigenvalue weighted by atomic mass is 10.00. The molecule has 0 bridgehead atoms. The molecule has 0 atom stereocenters. The van der Waals surface area contributed by atoms with Gasteiger partial charge in [-0.1, -0.05) is 23.7 Å². The number of ether oxygens (including phenoxy) is 2. The Labute approximate surface area is 238 Å². The van der Waals surface area contributed by atoms with E-state index < -0.39 is 5.60 Å². The molecule has 0 radical (unpaired) electrons. The van der Waals surface area contributed by atoms with Crippen LogP contribution < -0.4 is 5.32 Å². The largest absolute Gasteiger partial charge is 0.460 e. The Hall–Kier alpha value is -3.08. The molecule has 0 unspecified atom stereocenters. The van der Waals surface area contributed by atoms with Gasteiger partial charge in [0.25, 0.3) is 0 Å². The molecule has 11 heteroatoms. The maximum atomic E-state index is 11.2. The lowest BCUT2D eigenvalue weighted by molar-refractivity contribution is -0.156. The molecule has 1 aliphatic rings. The van der Waals surface area contributed by atoms with Crippen LogP contribution in [0.5, 0.6) is 0 Å². The van der Waals surface area contributed by atoms with E-state index in [2.05, 4.69) is 33.9 Å². The van der Waals surface area contributed by atoms with Crippen molar-refractivity contribution in [1.82, 2.24) is 20.1 Å². The van der Waals surface area contributed by atoms with Crippen LogP contribution in [-0.2, 0) is 25.6 Å². The van der Waals surface area contributed by atoms with Gasteiger partial charge in [0.15, 0.2) is 5.82 Å². The van der Waals surface area contributed by atoms with Crippen molar-refractivity contribution in [3.63, 3.8) is 0 Å². The van der Waals surface area contributed by atoms with Crippen molar-refractivity contribution >= 4 is 40.5 Å². The van der Waals surface area contributed by atoms with Gasteiger partial charge < -0.3 is 14.8 Å². The fraction of sp³-hybridized carbons (Fsp3) is 0.464. The van der Waals surface area contributed by atoms with Crippen LogP contribution in [0.2, 0.25) is 5.02 Å². The Kier molecular flexibility index (Phi) is 10.4. The number of aromatic nitrogens is 3. The number of nitrogens with one attached hydrogen (secondary N) is 1. The Balaban J connectivity index is 0.000000233. The van der Waals surface area contributed by atoms with Crippen LogP contribution in [-0.4, -0.2) is 57.7 Å². The van der Waals surface area contributed by atoms with Crippen LogP contribution >= 0.6 is 22.9 Å². The average molecular weight is 574 g/mol. The van der Waals surface area contributed by atoms with Gasteiger partial charge in [0, 0.05) is 34.5 Å². The number of esters is 1. The molecule has 9 nitrogen and oxygen atoms in total. The second-order valence-corrected chi connectivity index (χ2v) is 11.7. The number of aliphatic imine (C=N–C) groups is 1. The number of thiophene rings is 1. The maximum absolute atomic E-state index is 11.2. The molecule has 4 rings (SSSR count). The first-order valence-corrected chi connectivity index (χ1v) is 13.9. The number of amides is 1. The number of fused-ring (bicyclic) bond motifs is 3. The predicted octanol–water partition coefficient (Wildman–Crippen LogP) is 5.13. The highest BCUT2D eigenvalue weighted by Gasteiger charge is 2.26. The first-order valence-electron chi connectivity index (χ1n) is 12.7. The fourth-order valence-electron chi connectivity index (χ4n) is 3.84.